The molecule has 1 amide bonds. The van der Waals surface area contributed by atoms with Crippen LogP contribution in [0.5, 0.6) is 0 Å². The first-order chi connectivity index (χ1) is 8.78. The van der Waals surface area contributed by atoms with Crippen molar-refractivity contribution in [1.82, 2.24) is 5.32 Å². The fourth-order valence-corrected chi connectivity index (χ4v) is 1.19. The van der Waals surface area contributed by atoms with Crippen LogP contribution >= 0.6 is 0 Å². The molecule has 19 heavy (non-hydrogen) atoms. The minimum absolute atomic E-state index is 0.246. The lowest BCUT2D eigenvalue weighted by atomic mass is 10.2. The molecule has 0 saturated heterocycles. The van der Waals surface area contributed by atoms with Crippen LogP contribution in [0.3, 0.4) is 0 Å². The zero-order valence-electron chi connectivity index (χ0n) is 12.5. The summed E-state index contributed by atoms with van der Waals surface area (Å²) in [7, 11) is 0. The summed E-state index contributed by atoms with van der Waals surface area (Å²) in [4.78, 5) is 22.8. The highest BCUT2D eigenvalue weighted by atomic mass is 16.6. The van der Waals surface area contributed by atoms with E-state index in [4.69, 9.17) is 9.47 Å². The molecule has 1 N–H and O–H groups in total. The number of rotatable bonds is 6. The van der Waals surface area contributed by atoms with Gasteiger partial charge in [0, 0.05) is 6.08 Å². The van der Waals surface area contributed by atoms with E-state index in [1.54, 1.807) is 26.8 Å². The maximum atomic E-state index is 11.6. The smallest absolute Gasteiger partial charge is 0.408 e. The Kier molecular flexibility index (Phi) is 7.87. The first-order valence-corrected chi connectivity index (χ1v) is 6.63. The Bertz CT molecular complexity index is 318. The summed E-state index contributed by atoms with van der Waals surface area (Å²) in [5.41, 5.74) is -0.536. The molecule has 0 rings (SSSR count). The Morgan fingerprint density at radius 2 is 1.89 bits per heavy atom. The van der Waals surface area contributed by atoms with Crippen LogP contribution in [0.4, 0.5) is 4.79 Å². The van der Waals surface area contributed by atoms with Gasteiger partial charge in [-0.25, -0.2) is 9.59 Å². The molecular formula is C14H25NO4. The summed E-state index contributed by atoms with van der Waals surface area (Å²) in [6.07, 6.45) is 3.90. The van der Waals surface area contributed by atoms with Crippen LogP contribution in [0.25, 0.3) is 0 Å². The molecule has 110 valence electrons. The molecule has 0 heterocycles. The first kappa shape index (κ1) is 17.5. The van der Waals surface area contributed by atoms with Crippen molar-refractivity contribution in [3.8, 4) is 0 Å². The fraction of sp³-hybridized carbons (Fsp3) is 0.714. The van der Waals surface area contributed by atoms with Crippen molar-refractivity contribution in [1.29, 1.82) is 0 Å². The normalized spacial score (nSPS) is 13.1. The molecule has 0 aromatic heterocycles. The molecule has 5 heteroatoms. The molecule has 0 radical (unpaired) electrons. The predicted molar refractivity (Wildman–Crippen MR) is 73.8 cm³/mol. The van der Waals surface area contributed by atoms with Gasteiger partial charge in [0.15, 0.2) is 0 Å². The fourth-order valence-electron chi connectivity index (χ4n) is 1.19. The molecule has 0 aliphatic rings. The SMILES string of the molecule is CCCOC(=O)/C=C\[C@H](CC)NC(=O)OC(C)(C)C. The lowest BCUT2D eigenvalue weighted by Crippen LogP contribution is -2.38. The topological polar surface area (TPSA) is 64.6 Å². The van der Waals surface area contributed by atoms with Gasteiger partial charge in [-0.3, -0.25) is 0 Å². The summed E-state index contributed by atoms with van der Waals surface area (Å²) in [6.45, 7) is 9.63. The van der Waals surface area contributed by atoms with E-state index in [1.807, 2.05) is 13.8 Å². The van der Waals surface area contributed by atoms with Crippen LogP contribution in [-0.2, 0) is 14.3 Å². The van der Waals surface area contributed by atoms with Crippen LogP contribution in [-0.4, -0.2) is 30.3 Å². The molecule has 0 saturated carbocycles. The Morgan fingerprint density at radius 3 is 2.37 bits per heavy atom. The third-order valence-corrected chi connectivity index (χ3v) is 2.06. The third-order valence-electron chi connectivity index (χ3n) is 2.06. The Balaban J connectivity index is 4.24. The first-order valence-electron chi connectivity index (χ1n) is 6.63. The number of alkyl carbamates (subject to hydrolysis) is 1. The average Bonchev–Trinajstić information content (AvgIpc) is 2.29. The Hall–Kier alpha value is -1.52. The highest BCUT2D eigenvalue weighted by Crippen LogP contribution is 2.07. The summed E-state index contributed by atoms with van der Waals surface area (Å²) in [6, 6.07) is -0.246. The zero-order valence-corrected chi connectivity index (χ0v) is 12.5. The van der Waals surface area contributed by atoms with Crippen LogP contribution in [0.1, 0.15) is 47.5 Å². The minimum Gasteiger partial charge on any atom is -0.463 e. The van der Waals surface area contributed by atoms with Crippen molar-refractivity contribution in [2.45, 2.75) is 59.1 Å². The monoisotopic (exact) mass is 271 g/mol. The Labute approximate surface area is 115 Å². The van der Waals surface area contributed by atoms with E-state index in [-0.39, 0.29) is 6.04 Å². The predicted octanol–water partition coefficient (Wildman–Crippen LogP) is 2.80. The van der Waals surface area contributed by atoms with E-state index in [2.05, 4.69) is 5.32 Å². The van der Waals surface area contributed by atoms with Gasteiger partial charge in [-0.2, -0.15) is 0 Å². The van der Waals surface area contributed by atoms with Crippen LogP contribution in [0.2, 0.25) is 0 Å². The largest absolute Gasteiger partial charge is 0.463 e. The van der Waals surface area contributed by atoms with E-state index >= 15 is 0 Å². The van der Waals surface area contributed by atoms with Gasteiger partial charge in [0.2, 0.25) is 0 Å². The van der Waals surface area contributed by atoms with Gasteiger partial charge in [-0.05, 0) is 33.6 Å². The van der Waals surface area contributed by atoms with Gasteiger partial charge >= 0.3 is 12.1 Å². The standard InChI is InChI=1S/C14H25NO4/c1-6-10-18-12(16)9-8-11(7-2)15-13(17)19-14(3,4)5/h8-9,11H,6-7,10H2,1-5H3,(H,15,17)/b9-8-/t11-/m0/s1. The average molecular weight is 271 g/mol. The number of amides is 1. The highest BCUT2D eigenvalue weighted by molar-refractivity contribution is 5.82. The summed E-state index contributed by atoms with van der Waals surface area (Å²) < 4.78 is 10.0. The molecule has 0 aromatic rings. The second-order valence-electron chi connectivity index (χ2n) is 5.19. The number of carbonyl (C=O) groups is 2. The van der Waals surface area contributed by atoms with Gasteiger partial charge in [0.1, 0.15) is 5.60 Å². The molecule has 0 fully saturated rings. The number of ether oxygens (including phenoxy) is 2. The zero-order chi connectivity index (χ0) is 14.9. The lowest BCUT2D eigenvalue weighted by Gasteiger charge is -2.21. The number of hydrogen-bond donors (Lipinski definition) is 1. The maximum absolute atomic E-state index is 11.6. The molecule has 0 spiro atoms. The molecule has 5 nitrogen and oxygen atoms in total. The van der Waals surface area contributed by atoms with E-state index in [0.29, 0.717) is 13.0 Å². The van der Waals surface area contributed by atoms with Gasteiger partial charge in [-0.15, -0.1) is 0 Å². The number of carbonyl (C=O) groups excluding carboxylic acids is 2. The minimum atomic E-state index is -0.536. The van der Waals surface area contributed by atoms with Crippen molar-refractivity contribution in [3.05, 3.63) is 12.2 Å². The molecule has 1 atom stereocenters. The molecule has 0 bridgehead atoms. The van der Waals surface area contributed by atoms with Crippen molar-refractivity contribution >= 4 is 12.1 Å². The third kappa shape index (κ3) is 10.1. The van der Waals surface area contributed by atoms with Crippen LogP contribution in [0.15, 0.2) is 12.2 Å². The van der Waals surface area contributed by atoms with Crippen molar-refractivity contribution in [2.75, 3.05) is 6.61 Å². The van der Waals surface area contributed by atoms with Crippen molar-refractivity contribution in [2.24, 2.45) is 0 Å². The molecule has 0 unspecified atom stereocenters. The van der Waals surface area contributed by atoms with E-state index in [0.717, 1.165) is 6.42 Å². The van der Waals surface area contributed by atoms with E-state index in [1.165, 1.54) is 6.08 Å². The summed E-state index contributed by atoms with van der Waals surface area (Å²) >= 11 is 0. The summed E-state index contributed by atoms with van der Waals surface area (Å²) in [5.74, 6) is -0.397. The van der Waals surface area contributed by atoms with Crippen LogP contribution in [0, 0.1) is 0 Å². The molecule has 0 aliphatic carbocycles. The molecular weight excluding hydrogens is 246 g/mol. The van der Waals surface area contributed by atoms with Crippen molar-refractivity contribution < 1.29 is 19.1 Å². The maximum Gasteiger partial charge on any atom is 0.408 e. The van der Waals surface area contributed by atoms with Crippen molar-refractivity contribution in [3.63, 3.8) is 0 Å². The summed E-state index contributed by atoms with van der Waals surface area (Å²) in [5, 5.41) is 2.68. The number of esters is 1. The highest BCUT2D eigenvalue weighted by Gasteiger charge is 2.17. The van der Waals surface area contributed by atoms with E-state index in [9.17, 15) is 9.59 Å². The van der Waals surface area contributed by atoms with Gasteiger partial charge < -0.3 is 14.8 Å². The number of nitrogens with one attached hydrogen (secondary N) is 1. The second-order valence-corrected chi connectivity index (χ2v) is 5.19. The van der Waals surface area contributed by atoms with Gasteiger partial charge in [0.05, 0.1) is 12.6 Å². The van der Waals surface area contributed by atoms with Gasteiger partial charge in [0.25, 0.3) is 0 Å². The quantitative estimate of drug-likeness (QED) is 0.596. The lowest BCUT2D eigenvalue weighted by molar-refractivity contribution is -0.137. The molecule has 0 aromatic carbocycles. The van der Waals surface area contributed by atoms with Crippen LogP contribution < -0.4 is 5.32 Å². The Morgan fingerprint density at radius 1 is 1.26 bits per heavy atom. The van der Waals surface area contributed by atoms with E-state index < -0.39 is 17.7 Å². The number of hydrogen-bond acceptors (Lipinski definition) is 4. The van der Waals surface area contributed by atoms with Gasteiger partial charge in [-0.1, -0.05) is 19.9 Å². The second kappa shape index (κ2) is 8.56. The molecule has 0 aliphatic heterocycles.